The van der Waals surface area contributed by atoms with E-state index >= 15 is 0 Å². The van der Waals surface area contributed by atoms with Crippen LogP contribution in [0.1, 0.15) is 37.5 Å². The summed E-state index contributed by atoms with van der Waals surface area (Å²) in [5.74, 6) is 0.985. The first-order valence-electron chi connectivity index (χ1n) is 5.85. The molecule has 2 N–H and O–H groups in total. The van der Waals surface area contributed by atoms with Crippen LogP contribution < -0.4 is 10.5 Å². The highest BCUT2D eigenvalue weighted by Gasteiger charge is 2.14. The Morgan fingerprint density at radius 1 is 1.19 bits per heavy atom. The molecular formula is C14H23NO. The first kappa shape index (κ1) is 13.0. The number of benzene rings is 1. The van der Waals surface area contributed by atoms with Gasteiger partial charge in [0.2, 0.25) is 0 Å². The van der Waals surface area contributed by atoms with Crippen LogP contribution in [0, 0.1) is 13.8 Å². The topological polar surface area (TPSA) is 35.2 Å². The summed E-state index contributed by atoms with van der Waals surface area (Å²) in [5, 5.41) is 0. The van der Waals surface area contributed by atoms with Crippen molar-refractivity contribution in [3.8, 4) is 5.75 Å². The summed E-state index contributed by atoms with van der Waals surface area (Å²) in [7, 11) is 0. The van der Waals surface area contributed by atoms with Crippen LogP contribution in [-0.4, -0.2) is 12.1 Å². The lowest BCUT2D eigenvalue weighted by Crippen LogP contribution is -2.34. The van der Waals surface area contributed by atoms with Gasteiger partial charge in [-0.15, -0.1) is 0 Å². The zero-order valence-electron chi connectivity index (χ0n) is 11.1. The number of aryl methyl sites for hydroxylation is 2. The third-order valence-corrected chi connectivity index (χ3v) is 2.58. The fourth-order valence-corrected chi connectivity index (χ4v) is 1.84. The van der Waals surface area contributed by atoms with Gasteiger partial charge in [0, 0.05) is 5.54 Å². The van der Waals surface area contributed by atoms with E-state index in [0.29, 0.717) is 6.61 Å². The average molecular weight is 221 g/mol. The second-order valence-corrected chi connectivity index (χ2v) is 5.14. The van der Waals surface area contributed by atoms with E-state index < -0.39 is 0 Å². The smallest absolute Gasteiger partial charge is 0.122 e. The Bertz CT molecular complexity index is 364. The van der Waals surface area contributed by atoms with E-state index in [9.17, 15) is 0 Å². The minimum Gasteiger partial charge on any atom is -0.494 e. The molecule has 0 fully saturated rings. The first-order valence-corrected chi connectivity index (χ1v) is 5.85. The maximum Gasteiger partial charge on any atom is 0.122 e. The molecule has 1 rings (SSSR count). The monoisotopic (exact) mass is 221 g/mol. The van der Waals surface area contributed by atoms with Crippen LogP contribution in [0.5, 0.6) is 5.75 Å². The van der Waals surface area contributed by atoms with E-state index in [4.69, 9.17) is 10.5 Å². The number of hydrogen-bond acceptors (Lipinski definition) is 2. The summed E-state index contributed by atoms with van der Waals surface area (Å²) >= 11 is 0. The van der Waals surface area contributed by atoms with Crippen LogP contribution in [-0.2, 0) is 6.42 Å². The lowest BCUT2D eigenvalue weighted by atomic mass is 9.92. The molecule has 0 saturated heterocycles. The minimum absolute atomic E-state index is 0.162. The molecule has 0 heterocycles. The molecule has 0 saturated carbocycles. The van der Waals surface area contributed by atoms with Crippen LogP contribution in [0.3, 0.4) is 0 Å². The number of rotatable bonds is 4. The van der Waals surface area contributed by atoms with Gasteiger partial charge in [0.15, 0.2) is 0 Å². The molecule has 0 bridgehead atoms. The predicted molar refractivity (Wildman–Crippen MR) is 69.1 cm³/mol. The fraction of sp³-hybridized carbons (Fsp3) is 0.571. The van der Waals surface area contributed by atoms with Gasteiger partial charge in [0.05, 0.1) is 6.61 Å². The molecule has 0 aromatic heterocycles. The fourth-order valence-electron chi connectivity index (χ4n) is 1.84. The second kappa shape index (κ2) is 4.88. The van der Waals surface area contributed by atoms with Gasteiger partial charge in [-0.3, -0.25) is 0 Å². The van der Waals surface area contributed by atoms with Crippen LogP contribution in [0.25, 0.3) is 0 Å². The summed E-state index contributed by atoms with van der Waals surface area (Å²) in [6.07, 6.45) is 0.895. The molecule has 16 heavy (non-hydrogen) atoms. The predicted octanol–water partition coefficient (Wildman–Crippen LogP) is 2.98. The van der Waals surface area contributed by atoms with Crippen molar-refractivity contribution in [2.75, 3.05) is 6.61 Å². The van der Waals surface area contributed by atoms with Crippen LogP contribution in [0.2, 0.25) is 0 Å². The Kier molecular flexibility index (Phi) is 3.98. The summed E-state index contributed by atoms with van der Waals surface area (Å²) < 4.78 is 5.57. The Morgan fingerprint density at radius 3 is 2.31 bits per heavy atom. The molecule has 0 aliphatic rings. The van der Waals surface area contributed by atoms with Gasteiger partial charge in [-0.05, 0) is 63.8 Å². The Morgan fingerprint density at radius 2 is 1.81 bits per heavy atom. The molecule has 0 aliphatic heterocycles. The molecule has 1 aromatic rings. The van der Waals surface area contributed by atoms with E-state index in [1.807, 2.05) is 6.92 Å². The molecule has 0 unspecified atom stereocenters. The van der Waals surface area contributed by atoms with Gasteiger partial charge in [0.1, 0.15) is 5.75 Å². The van der Waals surface area contributed by atoms with Crippen molar-refractivity contribution >= 4 is 0 Å². The molecule has 1 aromatic carbocycles. The van der Waals surface area contributed by atoms with Crippen molar-refractivity contribution in [3.05, 3.63) is 28.8 Å². The van der Waals surface area contributed by atoms with E-state index in [1.165, 1.54) is 16.7 Å². The molecule has 2 heteroatoms. The van der Waals surface area contributed by atoms with Crippen molar-refractivity contribution in [2.24, 2.45) is 5.73 Å². The quantitative estimate of drug-likeness (QED) is 0.848. The van der Waals surface area contributed by atoms with Gasteiger partial charge in [-0.25, -0.2) is 0 Å². The van der Waals surface area contributed by atoms with E-state index in [1.54, 1.807) is 0 Å². The van der Waals surface area contributed by atoms with Crippen molar-refractivity contribution < 1.29 is 4.74 Å². The standard InChI is InChI=1S/C14H23NO/c1-6-16-13-8-10(2)12(7-11(13)3)9-14(4,5)15/h7-8H,6,9,15H2,1-5H3. The molecular weight excluding hydrogens is 198 g/mol. The average Bonchev–Trinajstić information content (AvgIpc) is 2.11. The lowest BCUT2D eigenvalue weighted by Gasteiger charge is -2.21. The summed E-state index contributed by atoms with van der Waals surface area (Å²) in [4.78, 5) is 0. The highest BCUT2D eigenvalue weighted by molar-refractivity contribution is 5.42. The second-order valence-electron chi connectivity index (χ2n) is 5.14. The summed E-state index contributed by atoms with van der Waals surface area (Å²) in [6.45, 7) is 11.0. The molecule has 0 aliphatic carbocycles. The van der Waals surface area contributed by atoms with Crippen molar-refractivity contribution in [3.63, 3.8) is 0 Å². The van der Waals surface area contributed by atoms with E-state index in [2.05, 4.69) is 39.8 Å². The van der Waals surface area contributed by atoms with Gasteiger partial charge >= 0.3 is 0 Å². The molecule has 0 spiro atoms. The molecule has 0 radical (unpaired) electrons. The number of hydrogen-bond donors (Lipinski definition) is 1. The molecule has 90 valence electrons. The third kappa shape index (κ3) is 3.53. The normalized spacial score (nSPS) is 11.6. The first-order chi connectivity index (χ1) is 7.33. The minimum atomic E-state index is -0.162. The molecule has 0 amide bonds. The largest absolute Gasteiger partial charge is 0.494 e. The van der Waals surface area contributed by atoms with Gasteiger partial charge in [-0.1, -0.05) is 6.07 Å². The zero-order valence-corrected chi connectivity index (χ0v) is 11.1. The summed E-state index contributed by atoms with van der Waals surface area (Å²) in [5.41, 5.74) is 9.65. The van der Waals surface area contributed by atoms with Crippen LogP contribution in [0.15, 0.2) is 12.1 Å². The third-order valence-electron chi connectivity index (χ3n) is 2.58. The zero-order chi connectivity index (χ0) is 12.3. The van der Waals surface area contributed by atoms with Gasteiger partial charge in [-0.2, -0.15) is 0 Å². The van der Waals surface area contributed by atoms with Crippen molar-refractivity contribution in [1.29, 1.82) is 0 Å². The van der Waals surface area contributed by atoms with Crippen LogP contribution in [0.4, 0.5) is 0 Å². The van der Waals surface area contributed by atoms with E-state index in [0.717, 1.165) is 12.2 Å². The Hall–Kier alpha value is -1.02. The summed E-state index contributed by atoms with van der Waals surface area (Å²) in [6, 6.07) is 4.30. The Balaban J connectivity index is 3.01. The highest BCUT2D eigenvalue weighted by atomic mass is 16.5. The van der Waals surface area contributed by atoms with E-state index in [-0.39, 0.29) is 5.54 Å². The number of nitrogens with two attached hydrogens (primary N) is 1. The maximum absolute atomic E-state index is 6.05. The van der Waals surface area contributed by atoms with Crippen molar-refractivity contribution in [2.45, 2.75) is 46.6 Å². The van der Waals surface area contributed by atoms with Crippen LogP contribution >= 0.6 is 0 Å². The maximum atomic E-state index is 6.05. The molecule has 0 atom stereocenters. The van der Waals surface area contributed by atoms with Gasteiger partial charge in [0.25, 0.3) is 0 Å². The SMILES string of the molecule is CCOc1cc(C)c(CC(C)(C)N)cc1C. The number of ether oxygens (including phenoxy) is 1. The Labute approximate surface area is 98.8 Å². The lowest BCUT2D eigenvalue weighted by molar-refractivity contribution is 0.337. The highest BCUT2D eigenvalue weighted by Crippen LogP contribution is 2.24. The molecule has 2 nitrogen and oxygen atoms in total. The van der Waals surface area contributed by atoms with Crippen molar-refractivity contribution in [1.82, 2.24) is 0 Å². The van der Waals surface area contributed by atoms with Gasteiger partial charge < -0.3 is 10.5 Å².